The van der Waals surface area contributed by atoms with E-state index in [2.05, 4.69) is 26.3 Å². The van der Waals surface area contributed by atoms with Crippen LogP contribution in [0.3, 0.4) is 0 Å². The third-order valence-corrected chi connectivity index (χ3v) is 2.24. The highest BCUT2D eigenvalue weighted by Gasteiger charge is 1.94. The number of hydrogen-bond donors (Lipinski definition) is 1. The molecule has 0 amide bonds. The minimum absolute atomic E-state index is 0.758. The maximum Gasteiger partial charge on any atom is 0.0724 e. The molecule has 0 aliphatic heterocycles. The molecule has 0 unspecified atom stereocenters. The molecule has 0 saturated heterocycles. The maximum atomic E-state index is 4.19. The fourth-order valence-corrected chi connectivity index (χ4v) is 1.42. The smallest absolute Gasteiger partial charge is 0.0724 e. The molecule has 0 spiro atoms. The summed E-state index contributed by atoms with van der Waals surface area (Å²) in [7, 11) is 0. The molecule has 82 valence electrons. The van der Waals surface area contributed by atoms with Gasteiger partial charge in [0.25, 0.3) is 0 Å². The quantitative estimate of drug-likeness (QED) is 0.760. The molecule has 0 aliphatic carbocycles. The number of nitrogens with zero attached hydrogens (tertiary/aromatic N) is 3. The number of rotatable bonds is 5. The first kappa shape index (κ1) is 10.7. The van der Waals surface area contributed by atoms with Crippen LogP contribution in [0.25, 0.3) is 0 Å². The van der Waals surface area contributed by atoms with Crippen LogP contribution in [0.2, 0.25) is 0 Å². The lowest BCUT2D eigenvalue weighted by Gasteiger charge is -2.03. The van der Waals surface area contributed by atoms with E-state index in [1.165, 1.54) is 5.56 Å². The van der Waals surface area contributed by atoms with Crippen LogP contribution in [0, 0.1) is 0 Å². The summed E-state index contributed by atoms with van der Waals surface area (Å²) < 4.78 is 0. The average molecular weight is 214 g/mol. The van der Waals surface area contributed by atoms with E-state index in [4.69, 9.17) is 0 Å². The molecule has 0 saturated carbocycles. The van der Waals surface area contributed by atoms with Gasteiger partial charge in [0.05, 0.1) is 5.69 Å². The maximum absolute atomic E-state index is 4.19. The van der Waals surface area contributed by atoms with Gasteiger partial charge in [-0.25, -0.2) is 0 Å². The fraction of sp³-hybridized carbons (Fsp3) is 0.250. The van der Waals surface area contributed by atoms with Crippen molar-refractivity contribution in [3.05, 3.63) is 54.4 Å². The minimum atomic E-state index is 0.758. The van der Waals surface area contributed by atoms with Gasteiger partial charge in [0, 0.05) is 37.5 Å². The number of aromatic nitrogens is 3. The zero-order chi connectivity index (χ0) is 11.1. The highest BCUT2D eigenvalue weighted by atomic mass is 14.9. The molecule has 0 bridgehead atoms. The van der Waals surface area contributed by atoms with Crippen LogP contribution in [-0.2, 0) is 13.0 Å². The van der Waals surface area contributed by atoms with Gasteiger partial charge in [0.15, 0.2) is 0 Å². The van der Waals surface area contributed by atoms with Gasteiger partial charge in [-0.1, -0.05) is 6.07 Å². The standard InChI is InChI=1S/C12H14N4/c1-2-11(8-13-4-1)3-5-14-9-12-10-15-6-7-16-12/h1-2,4,6-8,10,14H,3,5,9H2. The van der Waals surface area contributed by atoms with Crippen LogP contribution in [0.4, 0.5) is 0 Å². The molecule has 0 fully saturated rings. The molecular weight excluding hydrogens is 200 g/mol. The van der Waals surface area contributed by atoms with Crippen LogP contribution in [0.15, 0.2) is 43.1 Å². The first-order chi connectivity index (χ1) is 7.95. The second-order valence-corrected chi connectivity index (χ2v) is 3.48. The molecule has 0 aromatic carbocycles. The number of nitrogens with one attached hydrogen (secondary N) is 1. The van der Waals surface area contributed by atoms with E-state index in [0.29, 0.717) is 0 Å². The average Bonchev–Trinajstić information content (AvgIpc) is 2.37. The molecule has 1 N–H and O–H groups in total. The van der Waals surface area contributed by atoms with Crippen LogP contribution in [-0.4, -0.2) is 21.5 Å². The predicted octanol–water partition coefficient (Wildman–Crippen LogP) is 1.20. The molecule has 0 radical (unpaired) electrons. The van der Waals surface area contributed by atoms with E-state index in [0.717, 1.165) is 25.2 Å². The largest absolute Gasteiger partial charge is 0.311 e. The van der Waals surface area contributed by atoms with E-state index in [1.807, 2.05) is 12.3 Å². The molecule has 4 nitrogen and oxygen atoms in total. The third-order valence-electron chi connectivity index (χ3n) is 2.24. The van der Waals surface area contributed by atoms with Gasteiger partial charge in [0.1, 0.15) is 0 Å². The second kappa shape index (κ2) is 5.92. The Morgan fingerprint density at radius 2 is 2.00 bits per heavy atom. The minimum Gasteiger partial charge on any atom is -0.311 e. The predicted molar refractivity (Wildman–Crippen MR) is 61.7 cm³/mol. The van der Waals surface area contributed by atoms with Gasteiger partial charge in [-0.05, 0) is 24.6 Å². The lowest BCUT2D eigenvalue weighted by atomic mass is 10.2. The van der Waals surface area contributed by atoms with Crippen molar-refractivity contribution in [3.8, 4) is 0 Å². The van der Waals surface area contributed by atoms with Crippen molar-refractivity contribution < 1.29 is 0 Å². The first-order valence-corrected chi connectivity index (χ1v) is 5.29. The zero-order valence-corrected chi connectivity index (χ0v) is 9.00. The summed E-state index contributed by atoms with van der Waals surface area (Å²) in [6.07, 6.45) is 9.82. The molecule has 4 heteroatoms. The van der Waals surface area contributed by atoms with E-state index < -0.39 is 0 Å². The topological polar surface area (TPSA) is 50.7 Å². The summed E-state index contributed by atoms with van der Waals surface area (Å²) in [6, 6.07) is 4.04. The summed E-state index contributed by atoms with van der Waals surface area (Å²) in [4.78, 5) is 12.3. The van der Waals surface area contributed by atoms with E-state index in [9.17, 15) is 0 Å². The molecule has 0 atom stereocenters. The van der Waals surface area contributed by atoms with Crippen molar-refractivity contribution in [2.45, 2.75) is 13.0 Å². The Hall–Kier alpha value is -1.81. The molecule has 16 heavy (non-hydrogen) atoms. The van der Waals surface area contributed by atoms with Crippen LogP contribution >= 0.6 is 0 Å². The Bertz CT molecular complexity index is 360. The summed E-state index contributed by atoms with van der Waals surface area (Å²) in [5.74, 6) is 0. The number of pyridine rings is 1. The highest BCUT2D eigenvalue weighted by molar-refractivity contribution is 5.08. The SMILES string of the molecule is c1cncc(CCNCc2cnccn2)c1. The lowest BCUT2D eigenvalue weighted by molar-refractivity contribution is 0.671. The van der Waals surface area contributed by atoms with E-state index in [-0.39, 0.29) is 0 Å². The molecular formula is C12H14N4. The van der Waals surface area contributed by atoms with Crippen molar-refractivity contribution in [1.29, 1.82) is 0 Å². The first-order valence-electron chi connectivity index (χ1n) is 5.29. The molecule has 2 heterocycles. The highest BCUT2D eigenvalue weighted by Crippen LogP contribution is 1.96. The van der Waals surface area contributed by atoms with Crippen LogP contribution in [0.5, 0.6) is 0 Å². The monoisotopic (exact) mass is 214 g/mol. The number of hydrogen-bond acceptors (Lipinski definition) is 4. The van der Waals surface area contributed by atoms with Crippen molar-refractivity contribution in [2.24, 2.45) is 0 Å². The second-order valence-electron chi connectivity index (χ2n) is 3.48. The summed E-state index contributed by atoms with van der Waals surface area (Å²) in [5, 5.41) is 3.32. The van der Waals surface area contributed by atoms with Gasteiger partial charge in [-0.15, -0.1) is 0 Å². The lowest BCUT2D eigenvalue weighted by Crippen LogP contribution is -2.17. The van der Waals surface area contributed by atoms with Crippen LogP contribution in [0.1, 0.15) is 11.3 Å². The molecule has 2 rings (SSSR count). The summed E-state index contributed by atoms with van der Waals surface area (Å²) >= 11 is 0. The van der Waals surface area contributed by atoms with Crippen molar-refractivity contribution in [1.82, 2.24) is 20.3 Å². The van der Waals surface area contributed by atoms with E-state index in [1.54, 1.807) is 24.8 Å². The van der Waals surface area contributed by atoms with Gasteiger partial charge >= 0.3 is 0 Å². The van der Waals surface area contributed by atoms with Gasteiger partial charge < -0.3 is 5.32 Å². The Morgan fingerprint density at radius 1 is 1.06 bits per heavy atom. The van der Waals surface area contributed by atoms with Crippen molar-refractivity contribution in [3.63, 3.8) is 0 Å². The van der Waals surface area contributed by atoms with Gasteiger partial charge in [0.2, 0.25) is 0 Å². The van der Waals surface area contributed by atoms with Crippen molar-refractivity contribution >= 4 is 0 Å². The molecule has 2 aromatic rings. The third kappa shape index (κ3) is 3.40. The van der Waals surface area contributed by atoms with Gasteiger partial charge in [-0.2, -0.15) is 0 Å². The van der Waals surface area contributed by atoms with Crippen molar-refractivity contribution in [2.75, 3.05) is 6.54 Å². The summed E-state index contributed by atoms with van der Waals surface area (Å²) in [6.45, 7) is 1.68. The Labute approximate surface area is 94.8 Å². The van der Waals surface area contributed by atoms with E-state index >= 15 is 0 Å². The molecule has 0 aliphatic rings. The van der Waals surface area contributed by atoms with Gasteiger partial charge in [-0.3, -0.25) is 15.0 Å². The fourth-order valence-electron chi connectivity index (χ4n) is 1.42. The van der Waals surface area contributed by atoms with Crippen LogP contribution < -0.4 is 5.32 Å². The normalized spacial score (nSPS) is 10.2. The zero-order valence-electron chi connectivity index (χ0n) is 9.00. The Morgan fingerprint density at radius 3 is 2.75 bits per heavy atom. The molecule has 2 aromatic heterocycles. The Kier molecular flexibility index (Phi) is 3.96. The summed E-state index contributed by atoms with van der Waals surface area (Å²) in [5.41, 5.74) is 2.21. The Balaban J connectivity index is 1.70.